The van der Waals surface area contributed by atoms with E-state index in [-0.39, 0.29) is 0 Å². The summed E-state index contributed by atoms with van der Waals surface area (Å²) in [5.74, 6) is 0. The highest BCUT2D eigenvalue weighted by Gasteiger charge is 2.33. The molecule has 0 amide bonds. The van der Waals surface area contributed by atoms with Crippen LogP contribution >= 0.6 is 0 Å². The number of benzene rings is 1. The van der Waals surface area contributed by atoms with Crippen molar-refractivity contribution in [2.45, 2.75) is 6.30 Å². The number of halogens is 1. The molecule has 1 fully saturated rings. The SMILES string of the molecule is FC1CN1c1ccccc1. The van der Waals surface area contributed by atoms with E-state index in [1.807, 2.05) is 30.3 Å². The fourth-order valence-electron chi connectivity index (χ4n) is 1.00. The van der Waals surface area contributed by atoms with Crippen LogP contribution in [0, 0.1) is 0 Å². The number of nitrogens with zero attached hydrogens (tertiary/aromatic N) is 1. The van der Waals surface area contributed by atoms with E-state index in [1.165, 1.54) is 0 Å². The van der Waals surface area contributed by atoms with Gasteiger partial charge in [-0.2, -0.15) is 0 Å². The predicted octanol–water partition coefficient (Wildman–Crippen LogP) is 1.80. The number of rotatable bonds is 1. The van der Waals surface area contributed by atoms with Gasteiger partial charge < -0.3 is 4.90 Å². The van der Waals surface area contributed by atoms with Gasteiger partial charge in [-0.15, -0.1) is 0 Å². The second-order valence-corrected chi connectivity index (χ2v) is 2.42. The monoisotopic (exact) mass is 137 g/mol. The Morgan fingerprint density at radius 2 is 1.90 bits per heavy atom. The average molecular weight is 137 g/mol. The zero-order valence-corrected chi connectivity index (χ0v) is 5.50. The Hall–Kier alpha value is -1.05. The maximum atomic E-state index is 12.4. The summed E-state index contributed by atoms with van der Waals surface area (Å²) in [6, 6.07) is 9.60. The van der Waals surface area contributed by atoms with Gasteiger partial charge in [-0.05, 0) is 12.1 Å². The van der Waals surface area contributed by atoms with E-state index in [9.17, 15) is 4.39 Å². The number of hydrogen-bond donors (Lipinski definition) is 0. The third-order valence-corrected chi connectivity index (χ3v) is 1.64. The molecule has 1 aliphatic rings. The number of anilines is 1. The minimum absolute atomic E-state index is 0.560. The fraction of sp³-hybridized carbons (Fsp3) is 0.250. The Labute approximate surface area is 59.1 Å². The van der Waals surface area contributed by atoms with Crippen molar-refractivity contribution in [1.82, 2.24) is 0 Å². The van der Waals surface area contributed by atoms with Gasteiger partial charge in [0.15, 0.2) is 6.30 Å². The second kappa shape index (κ2) is 1.97. The molecule has 2 heteroatoms. The molecule has 1 saturated heterocycles. The van der Waals surface area contributed by atoms with Crippen LogP contribution in [0.1, 0.15) is 0 Å². The van der Waals surface area contributed by atoms with Crippen LogP contribution in [0.25, 0.3) is 0 Å². The van der Waals surface area contributed by atoms with Crippen molar-refractivity contribution in [1.29, 1.82) is 0 Å². The first-order valence-corrected chi connectivity index (χ1v) is 3.34. The van der Waals surface area contributed by atoms with Crippen molar-refractivity contribution in [2.24, 2.45) is 0 Å². The van der Waals surface area contributed by atoms with Crippen LogP contribution in [0.5, 0.6) is 0 Å². The normalized spacial score (nSPS) is 22.9. The Balaban J connectivity index is 2.20. The van der Waals surface area contributed by atoms with Crippen LogP contribution in [-0.4, -0.2) is 12.8 Å². The topological polar surface area (TPSA) is 3.01 Å². The Morgan fingerprint density at radius 3 is 2.40 bits per heavy atom. The molecular formula is C8H8FN. The van der Waals surface area contributed by atoms with Crippen LogP contribution in [-0.2, 0) is 0 Å². The van der Waals surface area contributed by atoms with Gasteiger partial charge in [-0.1, -0.05) is 18.2 Å². The van der Waals surface area contributed by atoms with Crippen molar-refractivity contribution < 1.29 is 4.39 Å². The summed E-state index contributed by atoms with van der Waals surface area (Å²) in [7, 11) is 0. The largest absolute Gasteiger partial charge is 0.336 e. The van der Waals surface area contributed by atoms with Crippen LogP contribution in [0.4, 0.5) is 10.1 Å². The average Bonchev–Trinajstić information content (AvgIpc) is 2.69. The molecule has 10 heavy (non-hydrogen) atoms. The van der Waals surface area contributed by atoms with Gasteiger partial charge in [-0.3, -0.25) is 0 Å². The molecule has 1 aromatic rings. The minimum atomic E-state index is -0.734. The second-order valence-electron chi connectivity index (χ2n) is 2.42. The van der Waals surface area contributed by atoms with E-state index in [1.54, 1.807) is 4.90 Å². The standard InChI is InChI=1S/C8H8FN/c9-8-6-10(8)7-4-2-1-3-5-7/h1-5,8H,6H2. The van der Waals surface area contributed by atoms with Crippen LogP contribution in [0.2, 0.25) is 0 Å². The van der Waals surface area contributed by atoms with Crippen molar-refractivity contribution >= 4 is 5.69 Å². The van der Waals surface area contributed by atoms with Gasteiger partial charge in [0.25, 0.3) is 0 Å². The lowest BCUT2D eigenvalue weighted by Crippen LogP contribution is -1.92. The minimum Gasteiger partial charge on any atom is -0.336 e. The highest BCUT2D eigenvalue weighted by molar-refractivity contribution is 5.52. The molecule has 1 atom stereocenters. The highest BCUT2D eigenvalue weighted by atomic mass is 19.1. The van der Waals surface area contributed by atoms with Crippen molar-refractivity contribution in [3.8, 4) is 0 Å². The Morgan fingerprint density at radius 1 is 1.30 bits per heavy atom. The van der Waals surface area contributed by atoms with E-state index in [2.05, 4.69) is 0 Å². The van der Waals surface area contributed by atoms with E-state index >= 15 is 0 Å². The summed E-state index contributed by atoms with van der Waals surface area (Å²) < 4.78 is 12.4. The van der Waals surface area contributed by atoms with E-state index in [4.69, 9.17) is 0 Å². The maximum Gasteiger partial charge on any atom is 0.190 e. The molecule has 1 aliphatic heterocycles. The molecule has 0 aromatic heterocycles. The summed E-state index contributed by atoms with van der Waals surface area (Å²) in [5, 5.41) is 0. The van der Waals surface area contributed by atoms with E-state index in [0.717, 1.165) is 5.69 Å². The number of para-hydroxylation sites is 1. The molecule has 0 radical (unpaired) electrons. The summed E-state index contributed by atoms with van der Waals surface area (Å²) >= 11 is 0. The van der Waals surface area contributed by atoms with E-state index in [0.29, 0.717) is 6.54 Å². The van der Waals surface area contributed by atoms with E-state index < -0.39 is 6.30 Å². The summed E-state index contributed by atoms with van der Waals surface area (Å²) in [4.78, 5) is 1.71. The van der Waals surface area contributed by atoms with Crippen LogP contribution in [0.3, 0.4) is 0 Å². The third kappa shape index (κ3) is 0.856. The fourth-order valence-corrected chi connectivity index (χ4v) is 1.00. The molecule has 2 rings (SSSR count). The molecule has 1 nitrogen and oxygen atoms in total. The summed E-state index contributed by atoms with van der Waals surface area (Å²) in [6.45, 7) is 0.560. The van der Waals surface area contributed by atoms with Gasteiger partial charge in [0, 0.05) is 5.69 Å². The van der Waals surface area contributed by atoms with Crippen molar-refractivity contribution in [3.63, 3.8) is 0 Å². The zero-order valence-electron chi connectivity index (χ0n) is 5.50. The molecule has 0 spiro atoms. The molecule has 0 saturated carbocycles. The lowest BCUT2D eigenvalue weighted by Gasteiger charge is -1.98. The molecule has 0 N–H and O–H groups in total. The quantitative estimate of drug-likeness (QED) is 0.421. The Kier molecular flexibility index (Phi) is 1.13. The zero-order chi connectivity index (χ0) is 6.97. The summed E-state index contributed by atoms with van der Waals surface area (Å²) in [6.07, 6.45) is -0.734. The molecule has 1 aromatic carbocycles. The first kappa shape index (κ1) is 5.71. The van der Waals surface area contributed by atoms with Crippen LogP contribution < -0.4 is 4.90 Å². The maximum absolute atomic E-state index is 12.4. The number of alkyl halides is 1. The molecule has 1 unspecified atom stereocenters. The molecule has 52 valence electrons. The third-order valence-electron chi connectivity index (χ3n) is 1.64. The Bertz CT molecular complexity index is 222. The van der Waals surface area contributed by atoms with Gasteiger partial charge in [0.2, 0.25) is 0 Å². The smallest absolute Gasteiger partial charge is 0.190 e. The first-order valence-electron chi connectivity index (χ1n) is 3.34. The number of hydrogen-bond acceptors (Lipinski definition) is 1. The van der Waals surface area contributed by atoms with Gasteiger partial charge in [-0.25, -0.2) is 4.39 Å². The summed E-state index contributed by atoms with van der Waals surface area (Å²) in [5.41, 5.74) is 0.981. The van der Waals surface area contributed by atoms with Gasteiger partial charge in [0.1, 0.15) is 0 Å². The molecule has 1 heterocycles. The van der Waals surface area contributed by atoms with Crippen molar-refractivity contribution in [3.05, 3.63) is 30.3 Å². The van der Waals surface area contributed by atoms with Gasteiger partial charge >= 0.3 is 0 Å². The van der Waals surface area contributed by atoms with Gasteiger partial charge in [0.05, 0.1) is 6.54 Å². The highest BCUT2D eigenvalue weighted by Crippen LogP contribution is 2.27. The molecule has 0 aliphatic carbocycles. The van der Waals surface area contributed by atoms with Crippen LogP contribution in [0.15, 0.2) is 30.3 Å². The molecular weight excluding hydrogens is 129 g/mol. The molecule has 0 bridgehead atoms. The lowest BCUT2D eigenvalue weighted by molar-refractivity contribution is 0.486. The lowest BCUT2D eigenvalue weighted by atomic mass is 10.3. The predicted molar refractivity (Wildman–Crippen MR) is 38.7 cm³/mol. The van der Waals surface area contributed by atoms with Crippen molar-refractivity contribution in [2.75, 3.05) is 11.4 Å². The first-order chi connectivity index (χ1) is 4.88.